The van der Waals surface area contributed by atoms with E-state index < -0.39 is 0 Å². The third kappa shape index (κ3) is 3.57. The second-order valence-electron chi connectivity index (χ2n) is 4.20. The Hall–Kier alpha value is -1.82. The molecule has 0 atom stereocenters. The fourth-order valence-electron chi connectivity index (χ4n) is 1.77. The number of aromatic nitrogens is 2. The lowest BCUT2D eigenvalue weighted by atomic mass is 10.4. The quantitative estimate of drug-likeness (QED) is 0.911. The number of urea groups is 1. The predicted octanol–water partition coefficient (Wildman–Crippen LogP) is 2.21. The van der Waals surface area contributed by atoms with E-state index in [1.807, 2.05) is 37.6 Å². The highest BCUT2D eigenvalue weighted by Crippen LogP contribution is 2.11. The van der Waals surface area contributed by atoms with Gasteiger partial charge in [-0.25, -0.2) is 4.79 Å². The van der Waals surface area contributed by atoms with Crippen LogP contribution >= 0.6 is 11.3 Å². The minimum Gasteiger partial charge on any atom is -0.332 e. The van der Waals surface area contributed by atoms with Crippen molar-refractivity contribution in [3.8, 4) is 0 Å². The molecule has 0 aliphatic carbocycles. The molecule has 2 amide bonds. The van der Waals surface area contributed by atoms with E-state index in [1.165, 1.54) is 4.88 Å². The number of thiophene rings is 1. The number of rotatable bonds is 5. The maximum atomic E-state index is 12.1. The summed E-state index contributed by atoms with van der Waals surface area (Å²) in [7, 11) is 1.87. The Bertz CT molecular complexity index is 520. The predicted molar refractivity (Wildman–Crippen MR) is 75.8 cm³/mol. The Morgan fingerprint density at radius 1 is 1.53 bits per heavy atom. The molecule has 0 spiro atoms. The molecule has 1 N–H and O–H groups in total. The standard InChI is InChI=1S/C13H18N4OS/c1-3-17(10-12-5-4-8-19-12)13(18)14-9-11-6-7-15-16(11)2/h4-8H,3,9-10H2,1-2H3,(H,14,18). The molecule has 2 aromatic rings. The molecular weight excluding hydrogens is 260 g/mol. The van der Waals surface area contributed by atoms with Crippen molar-refractivity contribution in [1.29, 1.82) is 0 Å². The first kappa shape index (κ1) is 13.6. The summed E-state index contributed by atoms with van der Waals surface area (Å²) in [5, 5.41) is 9.02. The van der Waals surface area contributed by atoms with Gasteiger partial charge < -0.3 is 10.2 Å². The van der Waals surface area contributed by atoms with Crippen LogP contribution in [0.1, 0.15) is 17.5 Å². The van der Waals surface area contributed by atoms with Crippen LogP contribution in [0.5, 0.6) is 0 Å². The summed E-state index contributed by atoms with van der Waals surface area (Å²) in [6, 6.07) is 5.90. The summed E-state index contributed by atoms with van der Waals surface area (Å²) < 4.78 is 1.76. The molecule has 2 aromatic heterocycles. The molecule has 2 heterocycles. The van der Waals surface area contributed by atoms with Crippen molar-refractivity contribution in [3.63, 3.8) is 0 Å². The van der Waals surface area contributed by atoms with Crippen LogP contribution in [0, 0.1) is 0 Å². The first-order valence-electron chi connectivity index (χ1n) is 6.22. The third-order valence-electron chi connectivity index (χ3n) is 2.94. The van der Waals surface area contributed by atoms with Gasteiger partial charge in [-0.15, -0.1) is 11.3 Å². The number of hydrogen-bond acceptors (Lipinski definition) is 3. The Morgan fingerprint density at radius 2 is 2.37 bits per heavy atom. The van der Waals surface area contributed by atoms with Gasteiger partial charge in [-0.1, -0.05) is 6.07 Å². The number of nitrogens with one attached hydrogen (secondary N) is 1. The molecule has 0 aliphatic heterocycles. The summed E-state index contributed by atoms with van der Waals surface area (Å²) in [4.78, 5) is 15.1. The molecule has 6 heteroatoms. The van der Waals surface area contributed by atoms with Gasteiger partial charge in [0.25, 0.3) is 0 Å². The number of nitrogens with zero attached hydrogens (tertiary/aromatic N) is 3. The Balaban J connectivity index is 1.88. The van der Waals surface area contributed by atoms with E-state index >= 15 is 0 Å². The van der Waals surface area contributed by atoms with Crippen LogP contribution in [-0.4, -0.2) is 27.3 Å². The fourth-order valence-corrected chi connectivity index (χ4v) is 2.49. The maximum Gasteiger partial charge on any atom is 0.318 e. The van der Waals surface area contributed by atoms with Gasteiger partial charge in [-0.3, -0.25) is 4.68 Å². The highest BCUT2D eigenvalue weighted by Gasteiger charge is 2.12. The van der Waals surface area contributed by atoms with Crippen LogP contribution in [0.4, 0.5) is 4.79 Å². The van der Waals surface area contributed by atoms with Crippen molar-refractivity contribution in [2.45, 2.75) is 20.0 Å². The molecule has 102 valence electrons. The monoisotopic (exact) mass is 278 g/mol. The van der Waals surface area contributed by atoms with Gasteiger partial charge in [0, 0.05) is 24.7 Å². The molecule has 0 radical (unpaired) electrons. The van der Waals surface area contributed by atoms with E-state index in [1.54, 1.807) is 27.1 Å². The molecule has 0 fully saturated rings. The molecule has 0 saturated heterocycles. The lowest BCUT2D eigenvalue weighted by Gasteiger charge is -2.20. The van der Waals surface area contributed by atoms with Gasteiger partial charge in [0.15, 0.2) is 0 Å². The lowest BCUT2D eigenvalue weighted by Crippen LogP contribution is -2.39. The van der Waals surface area contributed by atoms with Crippen molar-refractivity contribution >= 4 is 17.4 Å². The molecule has 0 aromatic carbocycles. The topological polar surface area (TPSA) is 50.2 Å². The van der Waals surface area contributed by atoms with Crippen molar-refractivity contribution in [1.82, 2.24) is 20.0 Å². The van der Waals surface area contributed by atoms with Crippen LogP contribution in [0.2, 0.25) is 0 Å². The Labute approximate surface area is 116 Å². The summed E-state index contributed by atoms with van der Waals surface area (Å²) in [6.45, 7) is 3.83. The molecule has 0 saturated carbocycles. The zero-order valence-electron chi connectivity index (χ0n) is 11.2. The van der Waals surface area contributed by atoms with E-state index in [-0.39, 0.29) is 6.03 Å². The van der Waals surface area contributed by atoms with E-state index in [0.29, 0.717) is 19.6 Å². The smallest absolute Gasteiger partial charge is 0.318 e. The highest BCUT2D eigenvalue weighted by molar-refractivity contribution is 7.09. The zero-order valence-corrected chi connectivity index (χ0v) is 12.0. The largest absolute Gasteiger partial charge is 0.332 e. The summed E-state index contributed by atoms with van der Waals surface area (Å²) in [5.41, 5.74) is 0.987. The summed E-state index contributed by atoms with van der Waals surface area (Å²) >= 11 is 1.67. The SMILES string of the molecule is CCN(Cc1cccs1)C(=O)NCc1ccnn1C. The average molecular weight is 278 g/mol. The second-order valence-corrected chi connectivity index (χ2v) is 5.23. The van der Waals surface area contributed by atoms with Gasteiger partial charge in [0.2, 0.25) is 0 Å². The van der Waals surface area contributed by atoms with E-state index in [9.17, 15) is 4.79 Å². The highest BCUT2D eigenvalue weighted by atomic mass is 32.1. The molecule has 5 nitrogen and oxygen atoms in total. The van der Waals surface area contributed by atoms with Crippen LogP contribution in [0.25, 0.3) is 0 Å². The summed E-state index contributed by atoms with van der Waals surface area (Å²) in [5.74, 6) is 0. The first-order valence-corrected chi connectivity index (χ1v) is 7.10. The molecule has 0 aliphatic rings. The first-order chi connectivity index (χ1) is 9.20. The van der Waals surface area contributed by atoms with E-state index in [2.05, 4.69) is 10.4 Å². The van der Waals surface area contributed by atoms with Gasteiger partial charge in [-0.2, -0.15) is 5.10 Å². The zero-order chi connectivity index (χ0) is 13.7. The minimum absolute atomic E-state index is 0.0444. The van der Waals surface area contributed by atoms with Crippen molar-refractivity contribution in [2.75, 3.05) is 6.54 Å². The molecular formula is C13H18N4OS. The van der Waals surface area contributed by atoms with Crippen LogP contribution in [0.3, 0.4) is 0 Å². The van der Waals surface area contributed by atoms with Crippen LogP contribution in [-0.2, 0) is 20.1 Å². The Morgan fingerprint density at radius 3 is 2.95 bits per heavy atom. The van der Waals surface area contributed by atoms with Crippen molar-refractivity contribution < 1.29 is 4.79 Å². The number of hydrogen-bond donors (Lipinski definition) is 1. The van der Waals surface area contributed by atoms with Gasteiger partial charge in [-0.05, 0) is 24.4 Å². The number of carbonyl (C=O) groups excluding carboxylic acids is 1. The van der Waals surface area contributed by atoms with Gasteiger partial charge in [0.05, 0.1) is 18.8 Å². The van der Waals surface area contributed by atoms with Crippen LogP contribution in [0.15, 0.2) is 29.8 Å². The fraction of sp³-hybridized carbons (Fsp3) is 0.385. The number of amides is 2. The van der Waals surface area contributed by atoms with Crippen LogP contribution < -0.4 is 5.32 Å². The third-order valence-corrected chi connectivity index (χ3v) is 3.80. The van der Waals surface area contributed by atoms with E-state index in [0.717, 1.165) is 5.69 Å². The second kappa shape index (κ2) is 6.38. The van der Waals surface area contributed by atoms with Crippen molar-refractivity contribution in [3.05, 3.63) is 40.3 Å². The van der Waals surface area contributed by atoms with E-state index in [4.69, 9.17) is 0 Å². The molecule has 19 heavy (non-hydrogen) atoms. The normalized spacial score (nSPS) is 10.4. The number of aryl methyl sites for hydroxylation is 1. The van der Waals surface area contributed by atoms with Gasteiger partial charge >= 0.3 is 6.03 Å². The lowest BCUT2D eigenvalue weighted by molar-refractivity contribution is 0.198. The Kier molecular flexibility index (Phi) is 4.57. The summed E-state index contributed by atoms with van der Waals surface area (Å²) in [6.07, 6.45) is 1.73. The van der Waals surface area contributed by atoms with Gasteiger partial charge in [0.1, 0.15) is 0 Å². The van der Waals surface area contributed by atoms with Crippen molar-refractivity contribution in [2.24, 2.45) is 7.05 Å². The molecule has 2 rings (SSSR count). The molecule has 0 bridgehead atoms. The minimum atomic E-state index is -0.0444. The number of carbonyl (C=O) groups is 1. The maximum absolute atomic E-state index is 12.1. The average Bonchev–Trinajstić information content (AvgIpc) is 3.04. The molecule has 0 unspecified atom stereocenters.